The summed E-state index contributed by atoms with van der Waals surface area (Å²) in [7, 11) is 0. The molecule has 8 heteroatoms. The van der Waals surface area contributed by atoms with Crippen molar-refractivity contribution >= 4 is 64.0 Å². The van der Waals surface area contributed by atoms with Gasteiger partial charge in [-0.2, -0.15) is 0 Å². The lowest BCUT2D eigenvalue weighted by Gasteiger charge is -2.13. The number of amides is 1. The zero-order chi connectivity index (χ0) is 16.4. The average Bonchev–Trinajstić information content (AvgIpc) is 2.44. The van der Waals surface area contributed by atoms with Crippen LogP contribution in [0.15, 0.2) is 30.3 Å². The molecular weight excluding hydrogens is 372 g/mol. The Balaban J connectivity index is 2.41. The van der Waals surface area contributed by atoms with Crippen molar-refractivity contribution in [3.05, 3.63) is 61.5 Å². The van der Waals surface area contributed by atoms with E-state index in [1.165, 1.54) is 18.2 Å². The van der Waals surface area contributed by atoms with Crippen LogP contribution in [0.3, 0.4) is 0 Å². The summed E-state index contributed by atoms with van der Waals surface area (Å²) in [6.45, 7) is 0. The highest BCUT2D eigenvalue weighted by molar-refractivity contribution is 6.42. The molecule has 1 amide bonds. The molecular formula is C14H6Cl4NO3-. The minimum absolute atomic E-state index is 0.00180. The fourth-order valence-electron chi connectivity index (χ4n) is 1.68. The summed E-state index contributed by atoms with van der Waals surface area (Å²) in [5, 5.41) is 14.2. The van der Waals surface area contributed by atoms with Gasteiger partial charge in [-0.25, -0.2) is 0 Å². The van der Waals surface area contributed by atoms with Crippen molar-refractivity contribution in [1.29, 1.82) is 0 Å². The van der Waals surface area contributed by atoms with Crippen molar-refractivity contribution in [2.45, 2.75) is 0 Å². The maximum absolute atomic E-state index is 12.2. The molecule has 0 atom stereocenters. The molecule has 0 bridgehead atoms. The molecule has 0 aliphatic carbocycles. The SMILES string of the molecule is O=C([O-])c1cc(Cl)c(Cl)cc1C(=O)Nc1ccc(Cl)cc1Cl. The van der Waals surface area contributed by atoms with Gasteiger partial charge in [-0.05, 0) is 30.3 Å². The lowest BCUT2D eigenvalue weighted by Crippen LogP contribution is -2.26. The van der Waals surface area contributed by atoms with Crippen LogP contribution in [0, 0.1) is 0 Å². The van der Waals surface area contributed by atoms with E-state index in [1.54, 1.807) is 0 Å². The van der Waals surface area contributed by atoms with Crippen LogP contribution in [0.2, 0.25) is 20.1 Å². The van der Waals surface area contributed by atoms with E-state index in [0.29, 0.717) is 5.02 Å². The molecule has 22 heavy (non-hydrogen) atoms. The highest BCUT2D eigenvalue weighted by atomic mass is 35.5. The second-order valence-corrected chi connectivity index (χ2v) is 5.84. The Kier molecular flexibility index (Phi) is 5.19. The van der Waals surface area contributed by atoms with Crippen molar-refractivity contribution in [2.75, 3.05) is 5.32 Å². The number of hydrogen-bond acceptors (Lipinski definition) is 3. The van der Waals surface area contributed by atoms with E-state index in [1.807, 2.05) is 0 Å². The third-order valence-corrected chi connectivity index (χ3v) is 3.97. The topological polar surface area (TPSA) is 69.2 Å². The highest BCUT2D eigenvalue weighted by Crippen LogP contribution is 2.29. The van der Waals surface area contributed by atoms with Crippen molar-refractivity contribution in [3.8, 4) is 0 Å². The molecule has 0 radical (unpaired) electrons. The van der Waals surface area contributed by atoms with Crippen LogP contribution in [0.25, 0.3) is 0 Å². The maximum Gasteiger partial charge on any atom is 0.256 e. The van der Waals surface area contributed by atoms with Gasteiger partial charge < -0.3 is 15.2 Å². The molecule has 0 spiro atoms. The van der Waals surface area contributed by atoms with Crippen LogP contribution in [-0.4, -0.2) is 11.9 Å². The van der Waals surface area contributed by atoms with Crippen molar-refractivity contribution in [2.24, 2.45) is 0 Å². The minimum atomic E-state index is -1.55. The molecule has 0 aliphatic rings. The molecule has 0 heterocycles. The number of carboxylic acids is 1. The Morgan fingerprint density at radius 2 is 1.45 bits per heavy atom. The maximum atomic E-state index is 12.2. The average molecular weight is 378 g/mol. The van der Waals surface area contributed by atoms with E-state index in [2.05, 4.69) is 5.32 Å². The van der Waals surface area contributed by atoms with Gasteiger partial charge in [-0.3, -0.25) is 4.79 Å². The van der Waals surface area contributed by atoms with E-state index >= 15 is 0 Å². The number of hydrogen-bond donors (Lipinski definition) is 1. The summed E-state index contributed by atoms with van der Waals surface area (Å²) >= 11 is 23.3. The number of halogens is 4. The predicted molar refractivity (Wildman–Crippen MR) is 85.2 cm³/mol. The fraction of sp³-hybridized carbons (Fsp3) is 0. The Labute approximate surface area is 145 Å². The first kappa shape index (κ1) is 16.9. The summed E-state index contributed by atoms with van der Waals surface area (Å²) < 4.78 is 0. The summed E-state index contributed by atoms with van der Waals surface area (Å²) in [6, 6.07) is 6.65. The van der Waals surface area contributed by atoms with Gasteiger partial charge >= 0.3 is 0 Å². The first-order valence-electron chi connectivity index (χ1n) is 5.76. The van der Waals surface area contributed by atoms with Gasteiger partial charge in [0, 0.05) is 10.6 Å². The van der Waals surface area contributed by atoms with Gasteiger partial charge in [0.15, 0.2) is 0 Å². The predicted octanol–water partition coefficient (Wildman–Crippen LogP) is 3.92. The van der Waals surface area contributed by atoms with Crippen LogP contribution in [0.4, 0.5) is 5.69 Å². The lowest BCUT2D eigenvalue weighted by atomic mass is 10.1. The molecule has 0 unspecified atom stereocenters. The van der Waals surface area contributed by atoms with E-state index < -0.39 is 11.9 Å². The minimum Gasteiger partial charge on any atom is -0.545 e. The Morgan fingerprint density at radius 3 is 2.00 bits per heavy atom. The largest absolute Gasteiger partial charge is 0.545 e. The van der Waals surface area contributed by atoms with Crippen LogP contribution < -0.4 is 10.4 Å². The Bertz CT molecular complexity index is 777. The summed E-state index contributed by atoms with van der Waals surface area (Å²) in [4.78, 5) is 23.4. The quantitative estimate of drug-likeness (QED) is 0.881. The van der Waals surface area contributed by atoms with E-state index in [9.17, 15) is 14.7 Å². The molecule has 2 aromatic carbocycles. The van der Waals surface area contributed by atoms with Crippen LogP contribution in [0.1, 0.15) is 20.7 Å². The fourth-order valence-corrected chi connectivity index (χ4v) is 2.47. The Morgan fingerprint density at radius 1 is 0.864 bits per heavy atom. The van der Waals surface area contributed by atoms with Gasteiger partial charge in [0.25, 0.3) is 5.91 Å². The number of nitrogens with one attached hydrogen (secondary N) is 1. The molecule has 0 aromatic heterocycles. The molecule has 114 valence electrons. The van der Waals surface area contributed by atoms with Crippen molar-refractivity contribution < 1.29 is 14.7 Å². The van der Waals surface area contributed by atoms with Crippen LogP contribution in [-0.2, 0) is 0 Å². The first-order chi connectivity index (χ1) is 10.3. The first-order valence-corrected chi connectivity index (χ1v) is 7.27. The second-order valence-electron chi connectivity index (χ2n) is 4.18. The van der Waals surface area contributed by atoms with Gasteiger partial charge in [0.1, 0.15) is 0 Å². The zero-order valence-corrected chi connectivity index (χ0v) is 13.6. The molecule has 4 nitrogen and oxygen atoms in total. The van der Waals surface area contributed by atoms with Gasteiger partial charge in [0.05, 0.1) is 32.3 Å². The molecule has 0 saturated heterocycles. The van der Waals surface area contributed by atoms with E-state index in [-0.39, 0.29) is 31.9 Å². The van der Waals surface area contributed by atoms with Crippen molar-refractivity contribution in [3.63, 3.8) is 0 Å². The van der Waals surface area contributed by atoms with Gasteiger partial charge in [-0.15, -0.1) is 0 Å². The van der Waals surface area contributed by atoms with Gasteiger partial charge in [0.2, 0.25) is 0 Å². The summed E-state index contributed by atoms with van der Waals surface area (Å²) in [5.74, 6) is -2.27. The lowest BCUT2D eigenvalue weighted by molar-refractivity contribution is -0.255. The number of carbonyl (C=O) groups excluding carboxylic acids is 2. The summed E-state index contributed by atoms with van der Waals surface area (Å²) in [6.07, 6.45) is 0. The number of carbonyl (C=O) groups is 2. The highest BCUT2D eigenvalue weighted by Gasteiger charge is 2.16. The Hall–Kier alpha value is -1.46. The number of rotatable bonds is 3. The molecule has 2 rings (SSSR count). The number of benzene rings is 2. The molecule has 0 aliphatic heterocycles. The van der Waals surface area contributed by atoms with Crippen LogP contribution in [0.5, 0.6) is 0 Å². The van der Waals surface area contributed by atoms with Gasteiger partial charge in [-0.1, -0.05) is 46.4 Å². The monoisotopic (exact) mass is 376 g/mol. The van der Waals surface area contributed by atoms with E-state index in [0.717, 1.165) is 12.1 Å². The summed E-state index contributed by atoms with van der Waals surface area (Å²) in [5.41, 5.74) is -0.302. The molecule has 0 fully saturated rings. The molecule has 1 N–H and O–H groups in total. The number of aromatic carboxylic acids is 1. The van der Waals surface area contributed by atoms with Crippen molar-refractivity contribution in [1.82, 2.24) is 0 Å². The molecule has 2 aromatic rings. The molecule has 0 saturated carbocycles. The van der Waals surface area contributed by atoms with E-state index in [4.69, 9.17) is 46.4 Å². The third-order valence-electron chi connectivity index (χ3n) is 2.70. The number of carboxylic acid groups (broad SMARTS) is 1. The zero-order valence-electron chi connectivity index (χ0n) is 10.6. The number of anilines is 1. The van der Waals surface area contributed by atoms with Crippen LogP contribution >= 0.6 is 46.4 Å². The third kappa shape index (κ3) is 3.65. The second kappa shape index (κ2) is 6.75. The normalized spacial score (nSPS) is 10.4. The standard InChI is InChI=1S/C14H7Cl4NO3/c15-6-1-2-12(11(18)3-6)19-13(20)7-4-9(16)10(17)5-8(7)14(21)22/h1-5H,(H,19,20)(H,21,22)/p-1. The smallest absolute Gasteiger partial charge is 0.256 e.